The molecule has 5 heteroatoms. The Morgan fingerprint density at radius 3 is 2.12 bits per heavy atom. The van der Waals surface area contributed by atoms with Gasteiger partial charge in [0.2, 0.25) is 5.91 Å². The van der Waals surface area contributed by atoms with Gasteiger partial charge in [0.25, 0.3) is 0 Å². The van der Waals surface area contributed by atoms with E-state index in [4.69, 9.17) is 0 Å². The van der Waals surface area contributed by atoms with Gasteiger partial charge in [-0.3, -0.25) is 4.79 Å². The summed E-state index contributed by atoms with van der Waals surface area (Å²) in [4.78, 5) is 12.4. The summed E-state index contributed by atoms with van der Waals surface area (Å²) in [5.41, 5.74) is 0. The van der Waals surface area contributed by atoms with E-state index in [1.807, 2.05) is 0 Å². The van der Waals surface area contributed by atoms with Gasteiger partial charge in [-0.05, 0) is 25.8 Å². The minimum Gasteiger partial charge on any atom is -0.327 e. The number of alkyl halides is 3. The first-order chi connectivity index (χ1) is 7.35. The molecular formula is C11H18F3NO. The molecule has 0 bridgehead atoms. The lowest BCUT2D eigenvalue weighted by Gasteiger charge is -2.30. The Bertz CT molecular complexity index is 244. The highest BCUT2D eigenvalue weighted by atomic mass is 19.4. The molecule has 0 atom stereocenters. The van der Waals surface area contributed by atoms with Gasteiger partial charge in [-0.25, -0.2) is 0 Å². The average molecular weight is 237 g/mol. The van der Waals surface area contributed by atoms with Crippen molar-refractivity contribution in [3.05, 3.63) is 12.2 Å². The Labute approximate surface area is 94.1 Å². The molecule has 0 aromatic heterocycles. The molecule has 0 aromatic carbocycles. The van der Waals surface area contributed by atoms with Crippen LogP contribution in [0.5, 0.6) is 0 Å². The van der Waals surface area contributed by atoms with Crippen LogP contribution >= 0.6 is 0 Å². The highest BCUT2D eigenvalue weighted by Crippen LogP contribution is 2.20. The molecule has 0 fully saturated rings. The molecule has 0 aromatic rings. The third-order valence-corrected chi connectivity index (χ3v) is 2.33. The van der Waals surface area contributed by atoms with E-state index < -0.39 is 18.6 Å². The fourth-order valence-electron chi connectivity index (χ4n) is 1.55. The van der Waals surface area contributed by atoms with Crippen molar-refractivity contribution < 1.29 is 18.0 Å². The molecule has 1 amide bonds. The van der Waals surface area contributed by atoms with Gasteiger partial charge >= 0.3 is 6.18 Å². The molecule has 0 aliphatic rings. The van der Waals surface area contributed by atoms with Crippen LogP contribution in [0.25, 0.3) is 0 Å². The predicted octanol–water partition coefficient (Wildman–Crippen LogP) is 3.14. The maximum atomic E-state index is 12.3. The molecular weight excluding hydrogens is 219 g/mol. The first-order valence-electron chi connectivity index (χ1n) is 5.35. The van der Waals surface area contributed by atoms with Gasteiger partial charge in [-0.2, -0.15) is 13.2 Å². The maximum Gasteiger partial charge on any atom is 0.406 e. The molecule has 0 rings (SSSR count). The Hall–Kier alpha value is -1.00. The van der Waals surface area contributed by atoms with Crippen molar-refractivity contribution in [1.82, 2.24) is 4.90 Å². The lowest BCUT2D eigenvalue weighted by molar-refractivity contribution is -0.163. The second-order valence-electron chi connectivity index (χ2n) is 3.55. The van der Waals surface area contributed by atoms with Gasteiger partial charge in [0.1, 0.15) is 6.54 Å². The summed E-state index contributed by atoms with van der Waals surface area (Å²) in [5, 5.41) is 0. The van der Waals surface area contributed by atoms with Gasteiger partial charge in [-0.1, -0.05) is 19.9 Å². The third kappa shape index (κ3) is 5.19. The average Bonchev–Trinajstić information content (AvgIpc) is 2.16. The lowest BCUT2D eigenvalue weighted by Crippen LogP contribution is -2.44. The first-order valence-corrected chi connectivity index (χ1v) is 5.35. The second kappa shape index (κ2) is 6.55. The number of rotatable bonds is 5. The second-order valence-corrected chi connectivity index (χ2v) is 3.55. The molecule has 16 heavy (non-hydrogen) atoms. The van der Waals surface area contributed by atoms with E-state index in [0.29, 0.717) is 12.8 Å². The molecule has 0 N–H and O–H groups in total. The Kier molecular flexibility index (Phi) is 6.14. The molecule has 0 saturated heterocycles. The van der Waals surface area contributed by atoms with Crippen LogP contribution in [-0.2, 0) is 4.79 Å². The van der Waals surface area contributed by atoms with Gasteiger partial charge in [0.05, 0.1) is 0 Å². The summed E-state index contributed by atoms with van der Waals surface area (Å²) in [6.45, 7) is 3.99. The summed E-state index contributed by atoms with van der Waals surface area (Å²) >= 11 is 0. The molecule has 2 nitrogen and oxygen atoms in total. The molecule has 0 radical (unpaired) electrons. The lowest BCUT2D eigenvalue weighted by atomic mass is 10.1. The quantitative estimate of drug-likeness (QED) is 0.673. The van der Waals surface area contributed by atoms with Crippen molar-refractivity contribution in [3.8, 4) is 0 Å². The van der Waals surface area contributed by atoms with Crippen LogP contribution in [0.2, 0.25) is 0 Å². The summed E-state index contributed by atoms with van der Waals surface area (Å²) in [7, 11) is 0. The highest BCUT2D eigenvalue weighted by molar-refractivity contribution is 5.87. The largest absolute Gasteiger partial charge is 0.406 e. The molecule has 0 aliphatic heterocycles. The van der Waals surface area contributed by atoms with E-state index in [9.17, 15) is 18.0 Å². The fraction of sp³-hybridized carbons (Fsp3) is 0.727. The predicted molar refractivity (Wildman–Crippen MR) is 57.0 cm³/mol. The number of carbonyl (C=O) groups is 1. The first kappa shape index (κ1) is 15.0. The summed E-state index contributed by atoms with van der Waals surface area (Å²) in [6, 6.07) is -0.356. The Morgan fingerprint density at radius 1 is 1.31 bits per heavy atom. The molecule has 0 saturated carbocycles. The van der Waals surface area contributed by atoms with Crippen LogP contribution in [0.1, 0.15) is 33.6 Å². The smallest absolute Gasteiger partial charge is 0.327 e. The van der Waals surface area contributed by atoms with Crippen molar-refractivity contribution in [2.24, 2.45) is 0 Å². The van der Waals surface area contributed by atoms with Gasteiger partial charge in [0, 0.05) is 6.04 Å². The van der Waals surface area contributed by atoms with Crippen LogP contribution < -0.4 is 0 Å². The zero-order valence-electron chi connectivity index (χ0n) is 9.84. The van der Waals surface area contributed by atoms with Crippen LogP contribution in [0.4, 0.5) is 13.2 Å². The van der Waals surface area contributed by atoms with Crippen molar-refractivity contribution in [1.29, 1.82) is 0 Å². The minimum atomic E-state index is -4.35. The maximum absolute atomic E-state index is 12.3. The number of amides is 1. The molecule has 0 unspecified atom stereocenters. The van der Waals surface area contributed by atoms with Gasteiger partial charge < -0.3 is 4.90 Å². The Morgan fingerprint density at radius 2 is 1.81 bits per heavy atom. The fourth-order valence-corrected chi connectivity index (χ4v) is 1.55. The number of halogens is 3. The summed E-state index contributed by atoms with van der Waals surface area (Å²) in [6.07, 6.45) is -0.677. The third-order valence-electron chi connectivity index (χ3n) is 2.33. The van der Waals surface area contributed by atoms with Crippen molar-refractivity contribution in [3.63, 3.8) is 0 Å². The normalized spacial score (nSPS) is 12.4. The number of carbonyl (C=O) groups excluding carboxylic acids is 1. The number of hydrogen-bond donors (Lipinski definition) is 0. The van der Waals surface area contributed by atoms with Gasteiger partial charge in [-0.15, -0.1) is 0 Å². The van der Waals surface area contributed by atoms with Crippen LogP contribution in [0.3, 0.4) is 0 Å². The van der Waals surface area contributed by atoms with Gasteiger partial charge in [0.15, 0.2) is 0 Å². The summed E-state index contributed by atoms with van der Waals surface area (Å²) in [5.74, 6) is -0.575. The molecule has 0 heterocycles. The standard InChI is InChI=1S/C11H18F3NO/c1-4-7-10(16)15(8-11(12,13)14)9(5-2)6-3/h4,7,9H,5-6,8H2,1-3H3. The number of allylic oxidation sites excluding steroid dienone is 1. The van der Waals surface area contributed by atoms with E-state index in [1.54, 1.807) is 20.8 Å². The number of hydrogen-bond acceptors (Lipinski definition) is 1. The Balaban J connectivity index is 4.81. The van der Waals surface area contributed by atoms with Crippen molar-refractivity contribution in [2.45, 2.75) is 45.8 Å². The van der Waals surface area contributed by atoms with E-state index in [0.717, 1.165) is 4.90 Å². The van der Waals surface area contributed by atoms with Crippen LogP contribution in [-0.4, -0.2) is 29.6 Å². The van der Waals surface area contributed by atoms with E-state index in [-0.39, 0.29) is 6.04 Å². The molecule has 0 aliphatic carbocycles. The zero-order chi connectivity index (χ0) is 12.8. The van der Waals surface area contributed by atoms with Crippen LogP contribution in [0.15, 0.2) is 12.2 Å². The van der Waals surface area contributed by atoms with E-state index in [2.05, 4.69) is 0 Å². The van der Waals surface area contributed by atoms with E-state index >= 15 is 0 Å². The molecule has 94 valence electrons. The SMILES string of the molecule is CC=CC(=O)N(CC(F)(F)F)C(CC)CC. The molecule has 0 spiro atoms. The minimum absolute atomic E-state index is 0.356. The van der Waals surface area contributed by atoms with E-state index in [1.165, 1.54) is 12.2 Å². The monoisotopic (exact) mass is 237 g/mol. The van der Waals surface area contributed by atoms with Crippen molar-refractivity contribution in [2.75, 3.05) is 6.54 Å². The highest BCUT2D eigenvalue weighted by Gasteiger charge is 2.34. The van der Waals surface area contributed by atoms with Crippen LogP contribution in [0, 0.1) is 0 Å². The topological polar surface area (TPSA) is 20.3 Å². The summed E-state index contributed by atoms with van der Waals surface area (Å²) < 4.78 is 37.0. The zero-order valence-corrected chi connectivity index (χ0v) is 9.84. The number of nitrogens with zero attached hydrogens (tertiary/aromatic N) is 1. The van der Waals surface area contributed by atoms with Crippen molar-refractivity contribution >= 4 is 5.91 Å².